The van der Waals surface area contributed by atoms with E-state index < -0.39 is 0 Å². The lowest BCUT2D eigenvalue weighted by Crippen LogP contribution is -2.60. The maximum atomic E-state index is 5.70. The first kappa shape index (κ1) is 18.3. The molecular formula is C18H34N4OS. The topological polar surface area (TPSA) is 48.9 Å². The number of ether oxygens (including phenoxy) is 1. The quantitative estimate of drug-likeness (QED) is 0.585. The summed E-state index contributed by atoms with van der Waals surface area (Å²) >= 11 is 2.10. The van der Waals surface area contributed by atoms with Gasteiger partial charge in [-0.15, -0.1) is 0 Å². The number of hydrogen-bond donors (Lipinski definition) is 2. The molecule has 0 spiro atoms. The van der Waals surface area contributed by atoms with Crippen LogP contribution in [0.3, 0.4) is 0 Å². The molecule has 2 N–H and O–H groups in total. The summed E-state index contributed by atoms with van der Waals surface area (Å²) in [4.78, 5) is 7.19. The van der Waals surface area contributed by atoms with Crippen molar-refractivity contribution in [3.8, 4) is 0 Å². The van der Waals surface area contributed by atoms with Gasteiger partial charge >= 0.3 is 0 Å². The maximum absolute atomic E-state index is 5.70. The van der Waals surface area contributed by atoms with Crippen molar-refractivity contribution in [2.75, 3.05) is 51.3 Å². The molecule has 2 aliphatic heterocycles. The number of thioether (sulfide) groups is 1. The highest BCUT2D eigenvalue weighted by molar-refractivity contribution is 7.99. The van der Waals surface area contributed by atoms with Crippen molar-refractivity contribution < 1.29 is 4.74 Å². The summed E-state index contributed by atoms with van der Waals surface area (Å²) in [6.45, 7) is 5.28. The van der Waals surface area contributed by atoms with Crippen LogP contribution in [0.4, 0.5) is 0 Å². The molecule has 138 valence electrons. The highest BCUT2D eigenvalue weighted by atomic mass is 32.2. The molecule has 0 amide bonds. The Kier molecular flexibility index (Phi) is 7.10. The van der Waals surface area contributed by atoms with Crippen LogP contribution in [0.2, 0.25) is 0 Å². The Hall–Kier alpha value is -0.460. The summed E-state index contributed by atoms with van der Waals surface area (Å²) < 4.78 is 5.70. The zero-order chi connectivity index (χ0) is 16.7. The summed E-state index contributed by atoms with van der Waals surface area (Å²) in [5, 5.41) is 7.10. The third kappa shape index (κ3) is 4.79. The van der Waals surface area contributed by atoms with E-state index in [-0.39, 0.29) is 0 Å². The molecule has 0 aromatic rings. The maximum Gasteiger partial charge on any atom is 0.191 e. The second-order valence-electron chi connectivity index (χ2n) is 7.33. The summed E-state index contributed by atoms with van der Waals surface area (Å²) in [6.07, 6.45) is 9.50. The van der Waals surface area contributed by atoms with Crippen LogP contribution in [0.1, 0.15) is 44.9 Å². The summed E-state index contributed by atoms with van der Waals surface area (Å²) in [7, 11) is 1.87. The van der Waals surface area contributed by atoms with Crippen molar-refractivity contribution in [2.24, 2.45) is 4.99 Å². The van der Waals surface area contributed by atoms with Gasteiger partial charge < -0.3 is 15.4 Å². The van der Waals surface area contributed by atoms with Crippen LogP contribution in [0, 0.1) is 0 Å². The Morgan fingerprint density at radius 2 is 1.96 bits per heavy atom. The van der Waals surface area contributed by atoms with Crippen LogP contribution in [0.25, 0.3) is 0 Å². The summed E-state index contributed by atoms with van der Waals surface area (Å²) in [5.74, 6) is 3.50. The van der Waals surface area contributed by atoms with E-state index in [1.165, 1.54) is 69.5 Å². The van der Waals surface area contributed by atoms with E-state index >= 15 is 0 Å². The first-order valence-corrected chi connectivity index (χ1v) is 10.9. The SMILES string of the molecule is CN=C(NCC1CCCO1)NCC1(N2CCSCC2)CCCCC1. The summed E-state index contributed by atoms with van der Waals surface area (Å²) in [6, 6.07) is 0. The fraction of sp³-hybridized carbons (Fsp3) is 0.944. The average molecular weight is 355 g/mol. The fourth-order valence-electron chi connectivity index (χ4n) is 4.34. The Labute approximate surface area is 151 Å². The lowest BCUT2D eigenvalue weighted by Gasteiger charge is -2.48. The molecule has 2 saturated heterocycles. The van der Waals surface area contributed by atoms with Crippen LogP contribution < -0.4 is 10.6 Å². The second kappa shape index (κ2) is 9.30. The van der Waals surface area contributed by atoms with Gasteiger partial charge in [0.2, 0.25) is 0 Å². The lowest BCUT2D eigenvalue weighted by molar-refractivity contribution is 0.0624. The molecule has 0 radical (unpaired) electrons. The van der Waals surface area contributed by atoms with E-state index in [0.29, 0.717) is 11.6 Å². The van der Waals surface area contributed by atoms with Gasteiger partial charge in [-0.05, 0) is 25.7 Å². The first-order valence-electron chi connectivity index (χ1n) is 9.71. The van der Waals surface area contributed by atoms with Gasteiger partial charge in [-0.25, -0.2) is 0 Å². The molecule has 1 atom stereocenters. The third-order valence-electron chi connectivity index (χ3n) is 5.80. The van der Waals surface area contributed by atoms with Crippen molar-refractivity contribution in [2.45, 2.75) is 56.6 Å². The molecule has 0 bridgehead atoms. The van der Waals surface area contributed by atoms with E-state index in [1.54, 1.807) is 0 Å². The minimum absolute atomic E-state index is 0.334. The molecule has 1 unspecified atom stereocenters. The van der Waals surface area contributed by atoms with E-state index in [1.807, 2.05) is 7.05 Å². The van der Waals surface area contributed by atoms with Crippen LogP contribution in [0.5, 0.6) is 0 Å². The lowest BCUT2D eigenvalue weighted by atomic mass is 9.80. The molecule has 1 aliphatic carbocycles. The van der Waals surface area contributed by atoms with Gasteiger partial charge in [0.1, 0.15) is 0 Å². The smallest absolute Gasteiger partial charge is 0.191 e. The number of hydrogen-bond acceptors (Lipinski definition) is 4. The van der Waals surface area contributed by atoms with Gasteiger partial charge in [-0.3, -0.25) is 9.89 Å². The Bertz CT molecular complexity index is 400. The van der Waals surface area contributed by atoms with E-state index in [9.17, 15) is 0 Å². The first-order chi connectivity index (χ1) is 11.8. The van der Waals surface area contributed by atoms with Crippen LogP contribution >= 0.6 is 11.8 Å². The van der Waals surface area contributed by atoms with Crippen molar-refractivity contribution in [1.82, 2.24) is 15.5 Å². The van der Waals surface area contributed by atoms with Gasteiger partial charge in [0.05, 0.1) is 6.10 Å². The van der Waals surface area contributed by atoms with Gasteiger partial charge in [-0.1, -0.05) is 19.3 Å². The predicted octanol–water partition coefficient (Wildman–Crippen LogP) is 2.08. The van der Waals surface area contributed by atoms with Crippen LogP contribution in [-0.4, -0.2) is 73.8 Å². The molecule has 6 heteroatoms. The molecular weight excluding hydrogens is 320 g/mol. The Morgan fingerprint density at radius 3 is 2.62 bits per heavy atom. The number of aliphatic imine (C=N–C) groups is 1. The van der Waals surface area contributed by atoms with Gasteiger partial charge in [0.15, 0.2) is 5.96 Å². The average Bonchev–Trinajstić information content (AvgIpc) is 3.17. The zero-order valence-corrected chi connectivity index (χ0v) is 16.0. The largest absolute Gasteiger partial charge is 0.376 e. The number of rotatable bonds is 5. The molecule has 3 aliphatic rings. The fourth-order valence-corrected chi connectivity index (χ4v) is 5.24. The number of guanidine groups is 1. The molecule has 2 heterocycles. The normalized spacial score (nSPS) is 28.7. The Morgan fingerprint density at radius 1 is 1.17 bits per heavy atom. The van der Waals surface area contributed by atoms with E-state index in [2.05, 4.69) is 32.3 Å². The molecule has 0 aromatic heterocycles. The van der Waals surface area contributed by atoms with E-state index in [0.717, 1.165) is 25.7 Å². The predicted molar refractivity (Wildman–Crippen MR) is 103 cm³/mol. The standard InChI is InChI=1S/C18H34N4OS/c1-19-17(20-14-16-6-5-11-23-16)21-15-18(7-3-2-4-8-18)22-9-12-24-13-10-22/h16H,2-15H2,1H3,(H2,19,20,21). The number of nitrogens with one attached hydrogen (secondary N) is 2. The van der Waals surface area contributed by atoms with Crippen LogP contribution in [0.15, 0.2) is 4.99 Å². The van der Waals surface area contributed by atoms with Gasteiger partial charge in [-0.2, -0.15) is 11.8 Å². The Balaban J connectivity index is 1.53. The number of nitrogens with zero attached hydrogens (tertiary/aromatic N) is 2. The van der Waals surface area contributed by atoms with Crippen molar-refractivity contribution in [3.63, 3.8) is 0 Å². The van der Waals surface area contributed by atoms with Gasteiger partial charge in [0, 0.05) is 56.9 Å². The molecule has 1 saturated carbocycles. The minimum Gasteiger partial charge on any atom is -0.376 e. The molecule has 24 heavy (non-hydrogen) atoms. The van der Waals surface area contributed by atoms with Gasteiger partial charge in [0.25, 0.3) is 0 Å². The highest BCUT2D eigenvalue weighted by Gasteiger charge is 2.38. The molecule has 0 aromatic carbocycles. The van der Waals surface area contributed by atoms with Crippen molar-refractivity contribution in [1.29, 1.82) is 0 Å². The van der Waals surface area contributed by atoms with Crippen LogP contribution in [-0.2, 0) is 4.74 Å². The zero-order valence-electron chi connectivity index (χ0n) is 15.2. The second-order valence-corrected chi connectivity index (χ2v) is 8.55. The third-order valence-corrected chi connectivity index (χ3v) is 6.74. The molecule has 5 nitrogen and oxygen atoms in total. The molecule has 3 rings (SSSR count). The monoisotopic (exact) mass is 354 g/mol. The van der Waals surface area contributed by atoms with E-state index in [4.69, 9.17) is 4.74 Å². The highest BCUT2D eigenvalue weighted by Crippen LogP contribution is 2.34. The van der Waals surface area contributed by atoms with Crippen molar-refractivity contribution in [3.05, 3.63) is 0 Å². The summed E-state index contributed by atoms with van der Waals surface area (Å²) in [5.41, 5.74) is 0.334. The van der Waals surface area contributed by atoms with Crippen molar-refractivity contribution >= 4 is 17.7 Å². The minimum atomic E-state index is 0.334. The molecule has 3 fully saturated rings.